The second-order valence-corrected chi connectivity index (χ2v) is 15.8. The molecule has 0 saturated heterocycles. The largest absolute Gasteiger partial charge is 0.507 e. The zero-order chi connectivity index (χ0) is 34.4. The van der Waals surface area contributed by atoms with Gasteiger partial charge in [-0.1, -0.05) is 141 Å². The molecule has 0 unspecified atom stereocenters. The maximum atomic E-state index is 11.3. The van der Waals surface area contributed by atoms with Crippen molar-refractivity contribution in [3.63, 3.8) is 0 Å². The van der Waals surface area contributed by atoms with Crippen LogP contribution in [0.5, 0.6) is 5.75 Å². The Balaban J connectivity index is 1.34. The van der Waals surface area contributed by atoms with Crippen molar-refractivity contribution < 1.29 is 9.52 Å². The fourth-order valence-electron chi connectivity index (χ4n) is 5.97. The molecule has 48 heavy (non-hydrogen) atoms. The molecule has 244 valence electrons. The van der Waals surface area contributed by atoms with Crippen LogP contribution in [0.3, 0.4) is 0 Å². The maximum absolute atomic E-state index is 11.3. The Morgan fingerprint density at radius 2 is 1.19 bits per heavy atom. The fourth-order valence-corrected chi connectivity index (χ4v) is 5.97. The summed E-state index contributed by atoms with van der Waals surface area (Å²) in [6, 6.07) is 35.5. The zero-order valence-corrected chi connectivity index (χ0v) is 29.6. The Hall–Kier alpha value is -4.96. The quantitative estimate of drug-likeness (QED) is 0.192. The highest BCUT2D eigenvalue weighted by molar-refractivity contribution is 5.94. The molecule has 0 saturated carbocycles. The number of oxazole rings is 1. The van der Waals surface area contributed by atoms with Gasteiger partial charge >= 0.3 is 0 Å². The number of hydrogen-bond acceptors (Lipinski definition) is 4. The molecule has 0 amide bonds. The van der Waals surface area contributed by atoms with Crippen LogP contribution in [0.15, 0.2) is 113 Å². The van der Waals surface area contributed by atoms with Gasteiger partial charge in [-0.25, -0.2) is 4.98 Å². The summed E-state index contributed by atoms with van der Waals surface area (Å²) in [6.45, 7) is 19.6. The van der Waals surface area contributed by atoms with Gasteiger partial charge in [0.15, 0.2) is 5.58 Å². The molecular formula is C44H46N2O2. The van der Waals surface area contributed by atoms with Gasteiger partial charge in [-0.15, -0.1) is 0 Å². The normalized spacial score (nSPS) is 12.7. The van der Waals surface area contributed by atoms with Gasteiger partial charge in [-0.2, -0.15) is 0 Å². The summed E-state index contributed by atoms with van der Waals surface area (Å²) in [5, 5.41) is 11.3. The summed E-state index contributed by atoms with van der Waals surface area (Å²) in [6.07, 6.45) is 1.75. The fraction of sp³-hybridized carbons (Fsp3) is 0.273. The van der Waals surface area contributed by atoms with Crippen molar-refractivity contribution in [2.75, 3.05) is 0 Å². The molecule has 6 rings (SSSR count). The van der Waals surface area contributed by atoms with Crippen molar-refractivity contribution in [1.82, 2.24) is 4.98 Å². The number of aromatic nitrogens is 1. The summed E-state index contributed by atoms with van der Waals surface area (Å²) in [5.41, 5.74) is 11.4. The molecule has 6 aromatic rings. The molecule has 0 bridgehead atoms. The van der Waals surface area contributed by atoms with Crippen LogP contribution < -0.4 is 0 Å². The van der Waals surface area contributed by atoms with E-state index in [-0.39, 0.29) is 22.0 Å². The highest BCUT2D eigenvalue weighted by Gasteiger charge is 2.25. The number of benzene rings is 5. The van der Waals surface area contributed by atoms with Crippen molar-refractivity contribution in [3.8, 4) is 39.5 Å². The van der Waals surface area contributed by atoms with Crippen LogP contribution in [0.25, 0.3) is 44.8 Å². The highest BCUT2D eigenvalue weighted by atomic mass is 16.3. The number of aromatic hydroxyl groups is 1. The molecule has 0 atom stereocenters. The molecular weight excluding hydrogens is 588 g/mol. The van der Waals surface area contributed by atoms with Crippen LogP contribution in [0.1, 0.15) is 84.6 Å². The van der Waals surface area contributed by atoms with E-state index in [9.17, 15) is 5.11 Å². The van der Waals surface area contributed by atoms with Gasteiger partial charge in [0.2, 0.25) is 5.89 Å². The van der Waals surface area contributed by atoms with Crippen molar-refractivity contribution in [1.29, 1.82) is 0 Å². The lowest BCUT2D eigenvalue weighted by molar-refractivity contribution is 0.444. The second-order valence-electron chi connectivity index (χ2n) is 15.8. The second kappa shape index (κ2) is 12.2. The third-order valence-electron chi connectivity index (χ3n) is 8.99. The van der Waals surface area contributed by atoms with E-state index in [1.165, 1.54) is 16.7 Å². The molecule has 0 aliphatic rings. The molecule has 4 nitrogen and oxygen atoms in total. The van der Waals surface area contributed by atoms with Crippen molar-refractivity contribution in [2.45, 2.75) is 78.6 Å². The number of fused-ring (bicyclic) bond motifs is 1. The number of para-hydroxylation sites is 2. The topological polar surface area (TPSA) is 58.6 Å². The predicted octanol–water partition coefficient (Wildman–Crippen LogP) is 12.2. The van der Waals surface area contributed by atoms with Crippen LogP contribution in [-0.4, -0.2) is 16.3 Å². The van der Waals surface area contributed by atoms with E-state index in [1.54, 1.807) is 6.21 Å². The van der Waals surface area contributed by atoms with Gasteiger partial charge in [0, 0.05) is 22.9 Å². The SMILES string of the molecule is CC(C)(C)c1ccc(-c2ccc(-c3cccc4oc(-c5ccccc5N=Cc5cc(C(C)(C)C)cc(C(C)(C)C)c5O)nc34)cc2)cc1. The first-order valence-corrected chi connectivity index (χ1v) is 16.7. The highest BCUT2D eigenvalue weighted by Crippen LogP contribution is 2.39. The Labute approximate surface area is 285 Å². The van der Waals surface area contributed by atoms with Crippen LogP contribution in [0.4, 0.5) is 5.69 Å². The van der Waals surface area contributed by atoms with Crippen LogP contribution in [-0.2, 0) is 16.2 Å². The third-order valence-corrected chi connectivity index (χ3v) is 8.99. The lowest BCUT2D eigenvalue weighted by atomic mass is 9.79. The summed E-state index contributed by atoms with van der Waals surface area (Å²) >= 11 is 0. The van der Waals surface area contributed by atoms with E-state index in [2.05, 4.69) is 123 Å². The number of aliphatic imine (C=N–C) groups is 1. The average Bonchev–Trinajstić information content (AvgIpc) is 3.48. The standard InChI is InChI=1S/C44H46N2O2/c1-42(2,3)32-23-21-29(22-24-32)28-17-19-30(20-18-28)34-14-12-16-38-39(34)46-41(48-38)35-13-10-11-15-37(35)45-27-31-25-33(43(4,5)6)26-36(40(31)47)44(7,8)9/h10-27,47H,1-9H3. The lowest BCUT2D eigenvalue weighted by Crippen LogP contribution is -2.17. The molecule has 1 heterocycles. The van der Waals surface area contributed by atoms with E-state index in [4.69, 9.17) is 14.4 Å². The molecule has 0 aliphatic heterocycles. The Kier molecular flexibility index (Phi) is 8.41. The lowest BCUT2D eigenvalue weighted by Gasteiger charge is -2.27. The van der Waals surface area contributed by atoms with E-state index in [0.29, 0.717) is 22.7 Å². The predicted molar refractivity (Wildman–Crippen MR) is 202 cm³/mol. The number of nitrogens with zero attached hydrogens (tertiary/aromatic N) is 2. The third kappa shape index (κ3) is 6.71. The summed E-state index contributed by atoms with van der Waals surface area (Å²) in [7, 11) is 0. The first-order valence-electron chi connectivity index (χ1n) is 16.7. The minimum atomic E-state index is -0.222. The first-order chi connectivity index (χ1) is 22.6. The van der Waals surface area contributed by atoms with Gasteiger partial charge in [0.1, 0.15) is 11.3 Å². The van der Waals surface area contributed by atoms with Crippen molar-refractivity contribution >= 4 is 23.0 Å². The minimum Gasteiger partial charge on any atom is -0.507 e. The summed E-state index contributed by atoms with van der Waals surface area (Å²) in [4.78, 5) is 9.89. The van der Waals surface area contributed by atoms with E-state index < -0.39 is 0 Å². The van der Waals surface area contributed by atoms with Crippen LogP contribution in [0, 0.1) is 0 Å². The van der Waals surface area contributed by atoms with Gasteiger partial charge in [-0.3, -0.25) is 4.99 Å². The summed E-state index contributed by atoms with van der Waals surface area (Å²) in [5.74, 6) is 0.764. The van der Waals surface area contributed by atoms with Crippen LogP contribution >= 0.6 is 0 Å². The molecule has 5 aromatic carbocycles. The van der Waals surface area contributed by atoms with Gasteiger partial charge in [-0.05, 0) is 68.3 Å². The average molecular weight is 635 g/mol. The van der Waals surface area contributed by atoms with E-state index >= 15 is 0 Å². The number of phenols is 1. The van der Waals surface area contributed by atoms with Gasteiger partial charge in [0.05, 0.1) is 11.3 Å². The first kappa shape index (κ1) is 33.0. The smallest absolute Gasteiger partial charge is 0.229 e. The Morgan fingerprint density at radius 3 is 1.81 bits per heavy atom. The van der Waals surface area contributed by atoms with Crippen molar-refractivity contribution in [3.05, 3.63) is 125 Å². The van der Waals surface area contributed by atoms with Gasteiger partial charge in [0.25, 0.3) is 0 Å². The molecule has 0 aliphatic carbocycles. The number of phenolic OH excluding ortho intramolecular Hbond substituents is 1. The number of hydrogen-bond donors (Lipinski definition) is 1. The number of rotatable bonds is 5. The molecule has 1 aromatic heterocycles. The van der Waals surface area contributed by atoms with Crippen molar-refractivity contribution in [2.24, 2.45) is 4.99 Å². The molecule has 0 fully saturated rings. The molecule has 4 heteroatoms. The zero-order valence-electron chi connectivity index (χ0n) is 29.6. The van der Waals surface area contributed by atoms with Gasteiger partial charge < -0.3 is 9.52 Å². The molecule has 0 radical (unpaired) electrons. The molecule has 1 N–H and O–H groups in total. The monoisotopic (exact) mass is 634 g/mol. The maximum Gasteiger partial charge on any atom is 0.229 e. The Morgan fingerprint density at radius 1 is 0.604 bits per heavy atom. The van der Waals surface area contributed by atoms with E-state index in [1.807, 2.05) is 42.5 Å². The Bertz CT molecular complexity index is 2110. The summed E-state index contributed by atoms with van der Waals surface area (Å²) < 4.78 is 6.36. The van der Waals surface area contributed by atoms with E-state index in [0.717, 1.165) is 33.3 Å². The minimum absolute atomic E-state index is 0.0812. The van der Waals surface area contributed by atoms with Crippen LogP contribution in [0.2, 0.25) is 0 Å². The molecule has 0 spiro atoms.